The lowest BCUT2D eigenvalue weighted by molar-refractivity contribution is -0.276. The Kier molecular flexibility index (Phi) is 5.67. The highest BCUT2D eigenvalue weighted by molar-refractivity contribution is 5.50. The Bertz CT molecular complexity index is 835. The molecule has 0 saturated heterocycles. The van der Waals surface area contributed by atoms with Gasteiger partial charge in [-0.15, -0.1) is 13.2 Å². The highest BCUT2D eigenvalue weighted by Crippen LogP contribution is 2.37. The number of ether oxygens (including phenoxy) is 2. The van der Waals surface area contributed by atoms with Crippen molar-refractivity contribution in [1.82, 2.24) is 0 Å². The average molecular weight is 398 g/mol. The molecule has 27 heavy (non-hydrogen) atoms. The number of rotatable bonds is 5. The molecule has 2 rings (SSSR count). The minimum absolute atomic E-state index is 0.0597. The molecule has 2 nitrogen and oxygen atoms in total. The minimum Gasteiger partial charge on any atom is -0.429 e. The Hall–Kier alpha value is -2.78. The highest BCUT2D eigenvalue weighted by Gasteiger charge is 2.39. The monoisotopic (exact) mass is 398 g/mol. The van der Waals surface area contributed by atoms with Crippen molar-refractivity contribution in [3.05, 3.63) is 65.0 Å². The van der Waals surface area contributed by atoms with E-state index in [1.54, 1.807) is 13.0 Å². The molecule has 0 atom stereocenters. The lowest BCUT2D eigenvalue weighted by atomic mass is 10.1. The molecule has 0 unspecified atom stereocenters. The largest absolute Gasteiger partial charge is 0.573 e. The molecule has 0 bridgehead atoms. The molecule has 0 aliphatic heterocycles. The fourth-order valence-corrected chi connectivity index (χ4v) is 2.08. The van der Waals surface area contributed by atoms with E-state index in [4.69, 9.17) is 0 Å². The molecule has 0 aliphatic rings. The standard InChI is InChI=1S/C17H10F8O2/c1-2-3-9-4-5-11(12(18)6-9)16(21,22)26-10-7-13(19)15(14(20)8-10)27-17(23,24)25/h2-8H,1H3. The zero-order valence-electron chi connectivity index (χ0n) is 13.4. The van der Waals surface area contributed by atoms with Crippen LogP contribution in [0.5, 0.6) is 11.5 Å². The summed E-state index contributed by atoms with van der Waals surface area (Å²) >= 11 is 0. The van der Waals surface area contributed by atoms with Crippen LogP contribution in [-0.4, -0.2) is 6.36 Å². The quantitative estimate of drug-likeness (QED) is 0.562. The van der Waals surface area contributed by atoms with Crippen molar-refractivity contribution < 1.29 is 44.6 Å². The fourth-order valence-electron chi connectivity index (χ4n) is 2.08. The molecule has 0 N–H and O–H groups in total. The van der Waals surface area contributed by atoms with E-state index in [-0.39, 0.29) is 17.7 Å². The maximum atomic E-state index is 14.1. The summed E-state index contributed by atoms with van der Waals surface area (Å²) in [6.07, 6.45) is -6.77. The Morgan fingerprint density at radius 2 is 1.41 bits per heavy atom. The minimum atomic E-state index is -5.40. The Labute approximate surface area is 147 Å². The van der Waals surface area contributed by atoms with Gasteiger partial charge in [0.15, 0.2) is 11.6 Å². The molecule has 0 fully saturated rings. The summed E-state index contributed by atoms with van der Waals surface area (Å²) in [5, 5.41) is 0. The number of allylic oxidation sites excluding steroid dienone is 1. The van der Waals surface area contributed by atoms with Crippen LogP contribution >= 0.6 is 0 Å². The third kappa shape index (κ3) is 5.11. The van der Waals surface area contributed by atoms with Gasteiger partial charge in [0, 0.05) is 12.1 Å². The van der Waals surface area contributed by atoms with Gasteiger partial charge in [-0.25, -0.2) is 13.2 Å². The van der Waals surface area contributed by atoms with Crippen LogP contribution in [0.4, 0.5) is 35.1 Å². The first-order valence-corrected chi connectivity index (χ1v) is 7.17. The second-order valence-corrected chi connectivity index (χ2v) is 5.12. The van der Waals surface area contributed by atoms with Gasteiger partial charge in [-0.05, 0) is 24.6 Å². The second-order valence-electron chi connectivity index (χ2n) is 5.12. The van der Waals surface area contributed by atoms with Crippen molar-refractivity contribution in [2.24, 2.45) is 0 Å². The fraction of sp³-hybridized carbons (Fsp3) is 0.176. The van der Waals surface area contributed by atoms with Crippen LogP contribution in [0.3, 0.4) is 0 Å². The normalized spacial score (nSPS) is 12.5. The van der Waals surface area contributed by atoms with Crippen LogP contribution in [0, 0.1) is 17.5 Å². The van der Waals surface area contributed by atoms with Crippen molar-refractivity contribution in [2.75, 3.05) is 0 Å². The van der Waals surface area contributed by atoms with E-state index in [1.807, 2.05) is 0 Å². The lowest BCUT2D eigenvalue weighted by Gasteiger charge is -2.20. The molecular weight excluding hydrogens is 388 g/mol. The molecule has 146 valence electrons. The van der Waals surface area contributed by atoms with Gasteiger partial charge in [-0.2, -0.15) is 8.78 Å². The van der Waals surface area contributed by atoms with Gasteiger partial charge in [-0.3, -0.25) is 0 Å². The molecule has 0 amide bonds. The maximum Gasteiger partial charge on any atom is 0.573 e. The summed E-state index contributed by atoms with van der Waals surface area (Å²) in [6.45, 7) is 1.62. The summed E-state index contributed by atoms with van der Waals surface area (Å²) in [5.41, 5.74) is -0.951. The van der Waals surface area contributed by atoms with E-state index in [2.05, 4.69) is 9.47 Å². The molecule has 0 radical (unpaired) electrons. The van der Waals surface area contributed by atoms with Crippen LogP contribution in [0.1, 0.15) is 18.1 Å². The second kappa shape index (κ2) is 7.45. The summed E-state index contributed by atoms with van der Waals surface area (Å²) in [6, 6.07) is 2.76. The van der Waals surface area contributed by atoms with Crippen molar-refractivity contribution >= 4 is 6.08 Å². The SMILES string of the molecule is CC=Cc1ccc(C(F)(F)Oc2cc(F)c(OC(F)(F)F)c(F)c2)c(F)c1. The van der Waals surface area contributed by atoms with E-state index in [9.17, 15) is 35.1 Å². The molecular formula is C17H10F8O2. The highest BCUT2D eigenvalue weighted by atomic mass is 19.4. The topological polar surface area (TPSA) is 18.5 Å². The first kappa shape index (κ1) is 20.5. The Morgan fingerprint density at radius 3 is 1.89 bits per heavy atom. The zero-order chi connectivity index (χ0) is 20.4. The van der Waals surface area contributed by atoms with Crippen molar-refractivity contribution in [1.29, 1.82) is 0 Å². The smallest absolute Gasteiger partial charge is 0.429 e. The number of benzene rings is 2. The molecule has 0 aromatic heterocycles. The average Bonchev–Trinajstić information content (AvgIpc) is 2.50. The molecule has 2 aromatic rings. The number of alkyl halides is 5. The van der Waals surface area contributed by atoms with Gasteiger partial charge in [-0.1, -0.05) is 18.2 Å². The summed E-state index contributed by atoms with van der Waals surface area (Å²) in [5.74, 6) is -8.21. The van der Waals surface area contributed by atoms with E-state index in [0.29, 0.717) is 6.07 Å². The van der Waals surface area contributed by atoms with Crippen LogP contribution in [0.25, 0.3) is 6.08 Å². The number of hydrogen-bond acceptors (Lipinski definition) is 2. The molecule has 10 heteroatoms. The van der Waals surface area contributed by atoms with Gasteiger partial charge in [0.25, 0.3) is 0 Å². The van der Waals surface area contributed by atoms with E-state index < -0.39 is 47.0 Å². The first-order valence-electron chi connectivity index (χ1n) is 7.17. The van der Waals surface area contributed by atoms with Crippen molar-refractivity contribution in [3.63, 3.8) is 0 Å². The molecule has 0 heterocycles. The Morgan fingerprint density at radius 1 is 0.815 bits per heavy atom. The van der Waals surface area contributed by atoms with E-state index in [0.717, 1.165) is 12.1 Å². The molecule has 0 spiro atoms. The summed E-state index contributed by atoms with van der Waals surface area (Å²) in [4.78, 5) is 0. The molecule has 0 saturated carbocycles. The van der Waals surface area contributed by atoms with Crippen LogP contribution in [0.2, 0.25) is 0 Å². The van der Waals surface area contributed by atoms with Gasteiger partial charge < -0.3 is 9.47 Å². The molecule has 2 aromatic carbocycles. The van der Waals surface area contributed by atoms with E-state index in [1.165, 1.54) is 6.08 Å². The predicted molar refractivity (Wildman–Crippen MR) is 78.7 cm³/mol. The van der Waals surface area contributed by atoms with E-state index >= 15 is 0 Å². The number of hydrogen-bond donors (Lipinski definition) is 0. The van der Waals surface area contributed by atoms with Gasteiger partial charge in [0.2, 0.25) is 5.75 Å². The summed E-state index contributed by atoms with van der Waals surface area (Å²) < 4.78 is 113. The van der Waals surface area contributed by atoms with Gasteiger partial charge in [0.1, 0.15) is 11.6 Å². The van der Waals surface area contributed by atoms with Crippen LogP contribution in [0.15, 0.2) is 36.4 Å². The van der Waals surface area contributed by atoms with Crippen LogP contribution < -0.4 is 9.47 Å². The van der Waals surface area contributed by atoms with Crippen molar-refractivity contribution in [3.8, 4) is 11.5 Å². The predicted octanol–water partition coefficient (Wildman–Crippen LogP) is 6.16. The third-order valence-corrected chi connectivity index (χ3v) is 3.10. The van der Waals surface area contributed by atoms with Gasteiger partial charge >= 0.3 is 12.5 Å². The van der Waals surface area contributed by atoms with Crippen LogP contribution in [-0.2, 0) is 6.11 Å². The Balaban J connectivity index is 2.32. The van der Waals surface area contributed by atoms with Gasteiger partial charge in [0.05, 0.1) is 5.56 Å². The van der Waals surface area contributed by atoms with Crippen molar-refractivity contribution in [2.45, 2.75) is 19.4 Å². The molecule has 0 aliphatic carbocycles. The maximum absolute atomic E-state index is 14.1. The summed E-state index contributed by atoms with van der Waals surface area (Å²) in [7, 11) is 0. The first-order chi connectivity index (χ1) is 12.4. The lowest BCUT2D eigenvalue weighted by Crippen LogP contribution is -2.24. The zero-order valence-corrected chi connectivity index (χ0v) is 13.4. The number of halogens is 8. The third-order valence-electron chi connectivity index (χ3n) is 3.10.